The standard InChI is InChI=1S/C29H29N7O4/c1-29(2)16-40-10-9-35(29)28(38)25-20-7-6-17-12-23(39-3)21(18-11-19(27(30)37)15-31-14-18)13-22(17)26(20)36(34-25)24-5-4-8-32-33-24/h4-5,8,11-15H,6-7,9-10,16H2,1-3H3,(H2,30,37). The molecule has 2 N–H and O–H groups in total. The summed E-state index contributed by atoms with van der Waals surface area (Å²) < 4.78 is 13.1. The molecular weight excluding hydrogens is 510 g/mol. The molecule has 11 heteroatoms. The molecule has 0 bridgehead atoms. The van der Waals surface area contributed by atoms with E-state index >= 15 is 0 Å². The van der Waals surface area contributed by atoms with Crippen LogP contribution < -0.4 is 10.5 Å². The van der Waals surface area contributed by atoms with Crippen LogP contribution in [0.1, 0.15) is 45.8 Å². The number of aromatic nitrogens is 5. The Morgan fingerprint density at radius 1 is 1.12 bits per heavy atom. The van der Waals surface area contributed by atoms with Crippen LogP contribution in [-0.2, 0) is 17.6 Å². The Hall–Kier alpha value is -4.64. The molecule has 3 aromatic heterocycles. The highest BCUT2D eigenvalue weighted by Crippen LogP contribution is 2.43. The molecule has 0 unspecified atom stereocenters. The summed E-state index contributed by atoms with van der Waals surface area (Å²) in [5.41, 5.74) is 10.7. The first-order chi connectivity index (χ1) is 19.3. The summed E-state index contributed by atoms with van der Waals surface area (Å²) >= 11 is 0. The molecule has 4 aromatic rings. The minimum Gasteiger partial charge on any atom is -0.496 e. The third-order valence-corrected chi connectivity index (χ3v) is 7.51. The van der Waals surface area contributed by atoms with Gasteiger partial charge in [0.05, 0.1) is 37.1 Å². The number of rotatable bonds is 5. The fourth-order valence-corrected chi connectivity index (χ4v) is 5.50. The summed E-state index contributed by atoms with van der Waals surface area (Å²) in [5.74, 6) is 0.440. The predicted octanol–water partition coefficient (Wildman–Crippen LogP) is 2.85. The maximum absolute atomic E-state index is 14.0. The van der Waals surface area contributed by atoms with Gasteiger partial charge in [0, 0.05) is 47.4 Å². The van der Waals surface area contributed by atoms with Gasteiger partial charge in [-0.1, -0.05) is 0 Å². The number of methoxy groups -OCH3 is 1. The number of carbonyl (C=O) groups is 2. The van der Waals surface area contributed by atoms with Gasteiger partial charge in [-0.05, 0) is 62.6 Å². The van der Waals surface area contributed by atoms with Gasteiger partial charge in [-0.15, -0.1) is 5.10 Å². The molecule has 2 amide bonds. The number of benzene rings is 1. The number of pyridine rings is 1. The van der Waals surface area contributed by atoms with Gasteiger partial charge in [0.15, 0.2) is 11.5 Å². The van der Waals surface area contributed by atoms with E-state index in [4.69, 9.17) is 20.3 Å². The number of aryl methyl sites for hydroxylation is 1. The number of primary amides is 1. The molecule has 0 saturated carbocycles. The van der Waals surface area contributed by atoms with Gasteiger partial charge in [-0.3, -0.25) is 14.6 Å². The molecule has 1 aromatic carbocycles. The van der Waals surface area contributed by atoms with E-state index in [1.165, 1.54) is 6.20 Å². The maximum Gasteiger partial charge on any atom is 0.275 e. The van der Waals surface area contributed by atoms with Gasteiger partial charge in [0.1, 0.15) is 5.75 Å². The van der Waals surface area contributed by atoms with Crippen LogP contribution >= 0.6 is 0 Å². The summed E-state index contributed by atoms with van der Waals surface area (Å²) in [6, 6.07) is 9.28. The molecule has 0 spiro atoms. The number of amides is 2. The topological polar surface area (TPSA) is 138 Å². The van der Waals surface area contributed by atoms with E-state index < -0.39 is 11.4 Å². The van der Waals surface area contributed by atoms with Crippen molar-refractivity contribution in [3.8, 4) is 34.0 Å². The highest BCUT2D eigenvalue weighted by Gasteiger charge is 2.39. The van der Waals surface area contributed by atoms with Gasteiger partial charge >= 0.3 is 0 Å². The molecule has 40 heavy (non-hydrogen) atoms. The second-order valence-electron chi connectivity index (χ2n) is 10.5. The molecule has 4 heterocycles. The summed E-state index contributed by atoms with van der Waals surface area (Å²) in [6.07, 6.45) is 6.00. The molecule has 11 nitrogen and oxygen atoms in total. The fourth-order valence-electron chi connectivity index (χ4n) is 5.50. The lowest BCUT2D eigenvalue weighted by molar-refractivity contribution is -0.0373. The number of morpholine rings is 1. The average molecular weight is 540 g/mol. The van der Waals surface area contributed by atoms with E-state index in [-0.39, 0.29) is 5.91 Å². The average Bonchev–Trinajstić information content (AvgIpc) is 3.36. The summed E-state index contributed by atoms with van der Waals surface area (Å²) in [5, 5.41) is 13.2. The van der Waals surface area contributed by atoms with E-state index in [9.17, 15) is 9.59 Å². The zero-order valence-corrected chi connectivity index (χ0v) is 22.5. The molecule has 2 aliphatic rings. The minimum atomic E-state index is -0.566. The van der Waals surface area contributed by atoms with Gasteiger partial charge in [-0.2, -0.15) is 10.2 Å². The van der Waals surface area contributed by atoms with Gasteiger partial charge in [-0.25, -0.2) is 4.68 Å². The number of carbonyl (C=O) groups excluding carboxylic acids is 2. The molecule has 1 fully saturated rings. The maximum atomic E-state index is 14.0. The largest absolute Gasteiger partial charge is 0.496 e. The minimum absolute atomic E-state index is 0.136. The quantitative estimate of drug-likeness (QED) is 0.409. The Morgan fingerprint density at radius 3 is 2.70 bits per heavy atom. The number of ether oxygens (including phenoxy) is 2. The third kappa shape index (κ3) is 4.28. The first kappa shape index (κ1) is 25.6. The van der Waals surface area contributed by atoms with Crippen LogP contribution in [0.3, 0.4) is 0 Å². The summed E-state index contributed by atoms with van der Waals surface area (Å²) in [7, 11) is 1.61. The van der Waals surface area contributed by atoms with Crippen LogP contribution in [0.5, 0.6) is 5.75 Å². The summed E-state index contributed by atoms with van der Waals surface area (Å²) in [6.45, 7) is 5.42. The molecule has 1 aliphatic carbocycles. The van der Waals surface area contributed by atoms with E-state index in [0.717, 1.165) is 27.9 Å². The molecule has 1 saturated heterocycles. The lowest BCUT2D eigenvalue weighted by Gasteiger charge is -2.41. The second kappa shape index (κ2) is 9.83. The normalized spacial score (nSPS) is 15.7. The van der Waals surface area contributed by atoms with Crippen molar-refractivity contribution in [2.45, 2.75) is 32.2 Å². The van der Waals surface area contributed by atoms with Crippen LogP contribution in [0, 0.1) is 0 Å². The number of hydrogen-bond acceptors (Lipinski definition) is 8. The van der Waals surface area contributed by atoms with Crippen LogP contribution in [0.2, 0.25) is 0 Å². The zero-order valence-electron chi connectivity index (χ0n) is 22.5. The number of fused-ring (bicyclic) bond motifs is 3. The van der Waals surface area contributed by atoms with Crippen molar-refractivity contribution < 1.29 is 19.1 Å². The predicted molar refractivity (Wildman–Crippen MR) is 146 cm³/mol. The molecule has 0 radical (unpaired) electrons. The highest BCUT2D eigenvalue weighted by molar-refractivity contribution is 5.98. The fraction of sp³-hybridized carbons (Fsp3) is 0.310. The Kier molecular flexibility index (Phi) is 6.30. The van der Waals surface area contributed by atoms with E-state index in [1.54, 1.807) is 36.3 Å². The van der Waals surface area contributed by atoms with Crippen LogP contribution in [0.4, 0.5) is 0 Å². The van der Waals surface area contributed by atoms with Crippen molar-refractivity contribution >= 4 is 11.8 Å². The SMILES string of the molecule is COc1cc2c(cc1-c1cncc(C(N)=O)c1)-c1c(c(C(=O)N3CCOCC3(C)C)nn1-c1cccnn1)CC2. The van der Waals surface area contributed by atoms with Crippen LogP contribution in [-0.4, -0.2) is 74.1 Å². The number of hydrogen-bond donors (Lipinski definition) is 1. The van der Waals surface area contributed by atoms with Gasteiger partial charge in [0.25, 0.3) is 5.91 Å². The lowest BCUT2D eigenvalue weighted by Crippen LogP contribution is -2.55. The van der Waals surface area contributed by atoms with Crippen molar-refractivity contribution in [3.05, 3.63) is 71.3 Å². The van der Waals surface area contributed by atoms with Crippen molar-refractivity contribution in [2.24, 2.45) is 5.73 Å². The first-order valence-electron chi connectivity index (χ1n) is 13.0. The van der Waals surface area contributed by atoms with Crippen LogP contribution in [0.15, 0.2) is 48.9 Å². The zero-order chi connectivity index (χ0) is 28.0. The Labute approximate surface area is 230 Å². The van der Waals surface area contributed by atoms with Gasteiger partial charge < -0.3 is 20.1 Å². The number of nitrogens with zero attached hydrogens (tertiary/aromatic N) is 6. The van der Waals surface area contributed by atoms with E-state index in [1.807, 2.05) is 36.9 Å². The van der Waals surface area contributed by atoms with E-state index in [2.05, 4.69) is 15.2 Å². The first-order valence-corrected chi connectivity index (χ1v) is 13.0. The lowest BCUT2D eigenvalue weighted by atomic mass is 9.86. The highest BCUT2D eigenvalue weighted by atomic mass is 16.5. The molecule has 0 atom stereocenters. The molecule has 204 valence electrons. The van der Waals surface area contributed by atoms with Gasteiger partial charge in [0.2, 0.25) is 5.91 Å². The van der Waals surface area contributed by atoms with Crippen LogP contribution in [0.25, 0.3) is 28.2 Å². The Bertz CT molecular complexity index is 1630. The Morgan fingerprint density at radius 2 is 1.98 bits per heavy atom. The van der Waals surface area contributed by atoms with E-state index in [0.29, 0.717) is 61.0 Å². The number of nitrogens with two attached hydrogens (primary N) is 1. The molecule has 1 aliphatic heterocycles. The monoisotopic (exact) mass is 539 g/mol. The summed E-state index contributed by atoms with van der Waals surface area (Å²) in [4.78, 5) is 31.9. The molecule has 6 rings (SSSR count). The Balaban J connectivity index is 1.56. The van der Waals surface area contributed by atoms with Crippen molar-refractivity contribution in [1.29, 1.82) is 0 Å². The van der Waals surface area contributed by atoms with Crippen molar-refractivity contribution in [1.82, 2.24) is 29.9 Å². The molecular formula is C29H29N7O4. The third-order valence-electron chi connectivity index (χ3n) is 7.51. The smallest absolute Gasteiger partial charge is 0.275 e. The van der Waals surface area contributed by atoms with Crippen molar-refractivity contribution in [3.63, 3.8) is 0 Å². The second-order valence-corrected chi connectivity index (χ2v) is 10.5. The van der Waals surface area contributed by atoms with Crippen molar-refractivity contribution in [2.75, 3.05) is 26.9 Å².